The molecule has 0 aromatic heterocycles. The molecule has 98 valence electrons. The van der Waals surface area contributed by atoms with Crippen LogP contribution in [-0.4, -0.2) is 18.2 Å². The quantitative estimate of drug-likeness (QED) is 0.548. The minimum atomic E-state index is -0.358. The van der Waals surface area contributed by atoms with Gasteiger partial charge in [0, 0.05) is 13.0 Å². The highest BCUT2D eigenvalue weighted by Crippen LogP contribution is 2.17. The molecule has 1 N–H and O–H groups in total. The summed E-state index contributed by atoms with van der Waals surface area (Å²) in [5.41, 5.74) is 0. The topological polar surface area (TPSA) is 46.2 Å². The third kappa shape index (κ3) is 5.33. The van der Waals surface area contributed by atoms with Gasteiger partial charge in [-0.15, -0.1) is 0 Å². The number of nitrogens with one attached hydrogen (secondary N) is 1. The van der Waals surface area contributed by atoms with Crippen LogP contribution in [0.3, 0.4) is 0 Å². The summed E-state index contributed by atoms with van der Waals surface area (Å²) in [6.45, 7) is 2.92. The Morgan fingerprint density at radius 2 is 2.00 bits per heavy atom. The second-order valence-electron chi connectivity index (χ2n) is 4.97. The highest BCUT2D eigenvalue weighted by atomic mass is 16.2. The highest BCUT2D eigenvalue weighted by molar-refractivity contribution is 6.01. The maximum Gasteiger partial charge on any atom is 0.230 e. The lowest BCUT2D eigenvalue weighted by Crippen LogP contribution is -2.33. The lowest BCUT2D eigenvalue weighted by Gasteiger charge is -2.11. The van der Waals surface area contributed by atoms with Crippen molar-refractivity contribution in [1.82, 2.24) is 5.32 Å². The van der Waals surface area contributed by atoms with Crippen molar-refractivity contribution in [3.63, 3.8) is 0 Å². The van der Waals surface area contributed by atoms with Crippen molar-refractivity contribution in [2.45, 2.75) is 64.7 Å². The van der Waals surface area contributed by atoms with Crippen LogP contribution in [0.2, 0.25) is 0 Å². The fourth-order valence-electron chi connectivity index (χ4n) is 2.32. The van der Waals surface area contributed by atoms with E-state index in [-0.39, 0.29) is 17.6 Å². The number of ketones is 1. The molecule has 1 rings (SSSR count). The van der Waals surface area contributed by atoms with E-state index in [2.05, 4.69) is 12.2 Å². The van der Waals surface area contributed by atoms with E-state index in [1.54, 1.807) is 0 Å². The molecule has 3 nitrogen and oxygen atoms in total. The molecule has 3 heteroatoms. The van der Waals surface area contributed by atoms with Crippen LogP contribution >= 0.6 is 0 Å². The van der Waals surface area contributed by atoms with Gasteiger partial charge in [0.1, 0.15) is 5.78 Å². The Kier molecular flexibility index (Phi) is 6.90. The fraction of sp³-hybridized carbons (Fsp3) is 0.857. The van der Waals surface area contributed by atoms with Crippen LogP contribution in [0.1, 0.15) is 64.7 Å². The Morgan fingerprint density at radius 3 is 2.76 bits per heavy atom. The van der Waals surface area contributed by atoms with Gasteiger partial charge in [0.25, 0.3) is 0 Å². The van der Waals surface area contributed by atoms with Gasteiger partial charge in [-0.3, -0.25) is 9.59 Å². The summed E-state index contributed by atoms with van der Waals surface area (Å²) in [5.74, 6) is -0.245. The van der Waals surface area contributed by atoms with Crippen LogP contribution < -0.4 is 5.32 Å². The average molecular weight is 239 g/mol. The van der Waals surface area contributed by atoms with Gasteiger partial charge in [-0.1, -0.05) is 39.0 Å². The first-order valence-corrected chi connectivity index (χ1v) is 7.06. The van der Waals surface area contributed by atoms with Crippen LogP contribution in [-0.2, 0) is 9.59 Å². The van der Waals surface area contributed by atoms with Crippen molar-refractivity contribution in [1.29, 1.82) is 0 Å². The van der Waals surface area contributed by atoms with Gasteiger partial charge in [-0.25, -0.2) is 0 Å². The monoisotopic (exact) mass is 239 g/mol. The molecular formula is C14H25NO2. The Labute approximate surface area is 104 Å². The van der Waals surface area contributed by atoms with E-state index in [0.717, 1.165) is 38.6 Å². The van der Waals surface area contributed by atoms with Crippen molar-refractivity contribution in [2.75, 3.05) is 6.54 Å². The molecule has 0 bridgehead atoms. The molecule has 0 aromatic carbocycles. The number of rotatable bonds is 7. The number of carbonyl (C=O) groups is 2. The van der Waals surface area contributed by atoms with Gasteiger partial charge in [0.15, 0.2) is 0 Å². The number of hydrogen-bond donors (Lipinski definition) is 1. The summed E-state index contributed by atoms with van der Waals surface area (Å²) >= 11 is 0. The van der Waals surface area contributed by atoms with Crippen LogP contribution in [0.5, 0.6) is 0 Å². The Morgan fingerprint density at radius 1 is 1.24 bits per heavy atom. The van der Waals surface area contributed by atoms with E-state index in [1.807, 2.05) is 0 Å². The first-order valence-electron chi connectivity index (χ1n) is 7.06. The normalized spacial score (nSPS) is 20.8. The maximum atomic E-state index is 11.9. The molecule has 0 aliphatic carbocycles. The van der Waals surface area contributed by atoms with Gasteiger partial charge in [0.05, 0.1) is 5.92 Å². The molecule has 0 spiro atoms. The molecule has 1 saturated heterocycles. The second-order valence-corrected chi connectivity index (χ2v) is 4.97. The predicted octanol–water partition coefficient (Wildman–Crippen LogP) is 2.83. The SMILES string of the molecule is CCCCCCCC(=O)C1CCCCNC1=O. The fourth-order valence-corrected chi connectivity index (χ4v) is 2.32. The first-order chi connectivity index (χ1) is 8.25. The Bertz CT molecular complexity index is 251. The zero-order valence-electron chi connectivity index (χ0n) is 11.0. The van der Waals surface area contributed by atoms with E-state index in [4.69, 9.17) is 0 Å². The lowest BCUT2D eigenvalue weighted by molar-refractivity contribution is -0.133. The summed E-state index contributed by atoms with van der Waals surface area (Å²) < 4.78 is 0. The largest absolute Gasteiger partial charge is 0.355 e. The predicted molar refractivity (Wildman–Crippen MR) is 68.7 cm³/mol. The molecule has 1 unspecified atom stereocenters. The number of hydrogen-bond acceptors (Lipinski definition) is 2. The standard InChI is InChI=1S/C14H25NO2/c1-2-3-4-5-6-10-13(16)12-9-7-8-11-15-14(12)17/h12H,2-11H2,1H3,(H,15,17). The van der Waals surface area contributed by atoms with Crippen molar-refractivity contribution in [3.05, 3.63) is 0 Å². The molecular weight excluding hydrogens is 214 g/mol. The second kappa shape index (κ2) is 8.26. The van der Waals surface area contributed by atoms with Crippen molar-refractivity contribution in [2.24, 2.45) is 5.92 Å². The van der Waals surface area contributed by atoms with Crippen molar-refractivity contribution in [3.8, 4) is 0 Å². The van der Waals surface area contributed by atoms with Crippen molar-refractivity contribution < 1.29 is 9.59 Å². The number of carbonyl (C=O) groups excluding carboxylic acids is 2. The summed E-state index contributed by atoms with van der Waals surface area (Å²) in [4.78, 5) is 23.6. The van der Waals surface area contributed by atoms with Gasteiger partial charge < -0.3 is 5.32 Å². The van der Waals surface area contributed by atoms with E-state index in [1.165, 1.54) is 19.3 Å². The van der Waals surface area contributed by atoms with Crippen molar-refractivity contribution >= 4 is 11.7 Å². The molecule has 1 aliphatic heterocycles. The molecule has 1 amide bonds. The van der Waals surface area contributed by atoms with Gasteiger partial charge in [0.2, 0.25) is 5.91 Å². The molecule has 0 saturated carbocycles. The third-order valence-electron chi connectivity index (χ3n) is 3.45. The average Bonchev–Trinajstić information content (AvgIpc) is 2.53. The highest BCUT2D eigenvalue weighted by Gasteiger charge is 2.26. The molecule has 1 fully saturated rings. The van der Waals surface area contributed by atoms with Crippen LogP contribution in [0.4, 0.5) is 0 Å². The zero-order valence-corrected chi connectivity index (χ0v) is 11.0. The number of unbranched alkanes of at least 4 members (excludes halogenated alkanes) is 4. The number of Topliss-reactive ketones (excluding diaryl/α,β-unsaturated/α-hetero) is 1. The van der Waals surface area contributed by atoms with E-state index in [9.17, 15) is 9.59 Å². The van der Waals surface area contributed by atoms with Crippen LogP contribution in [0.15, 0.2) is 0 Å². The van der Waals surface area contributed by atoms with Gasteiger partial charge in [-0.05, 0) is 19.3 Å². The number of amides is 1. The van der Waals surface area contributed by atoms with Gasteiger partial charge >= 0.3 is 0 Å². The molecule has 0 aromatic rings. The lowest BCUT2D eigenvalue weighted by atomic mass is 9.94. The molecule has 17 heavy (non-hydrogen) atoms. The summed E-state index contributed by atoms with van der Waals surface area (Å²) in [7, 11) is 0. The van der Waals surface area contributed by atoms with E-state index >= 15 is 0 Å². The molecule has 1 atom stereocenters. The van der Waals surface area contributed by atoms with Gasteiger partial charge in [-0.2, -0.15) is 0 Å². The summed E-state index contributed by atoms with van der Waals surface area (Å²) in [5, 5.41) is 2.83. The molecule has 0 radical (unpaired) electrons. The molecule has 1 aliphatic rings. The minimum absolute atomic E-state index is 0.0407. The maximum absolute atomic E-state index is 11.9. The summed E-state index contributed by atoms with van der Waals surface area (Å²) in [6.07, 6.45) is 9.08. The molecule has 1 heterocycles. The smallest absolute Gasteiger partial charge is 0.230 e. The first kappa shape index (κ1) is 14.2. The van der Waals surface area contributed by atoms with Crippen LogP contribution in [0, 0.1) is 5.92 Å². The minimum Gasteiger partial charge on any atom is -0.355 e. The Balaban J connectivity index is 2.23. The third-order valence-corrected chi connectivity index (χ3v) is 3.45. The van der Waals surface area contributed by atoms with E-state index in [0.29, 0.717) is 6.42 Å². The van der Waals surface area contributed by atoms with Crippen LogP contribution in [0.25, 0.3) is 0 Å². The Hall–Kier alpha value is -0.860. The van der Waals surface area contributed by atoms with E-state index < -0.39 is 0 Å². The zero-order chi connectivity index (χ0) is 12.5. The summed E-state index contributed by atoms with van der Waals surface area (Å²) in [6, 6.07) is 0.